The van der Waals surface area contributed by atoms with Gasteiger partial charge in [-0.2, -0.15) is 0 Å². The van der Waals surface area contributed by atoms with Crippen molar-refractivity contribution >= 4 is 6.29 Å². The van der Waals surface area contributed by atoms with Crippen LogP contribution in [0.5, 0.6) is 5.75 Å². The first-order valence-electron chi connectivity index (χ1n) is 5.37. The van der Waals surface area contributed by atoms with Gasteiger partial charge >= 0.3 is 0 Å². The summed E-state index contributed by atoms with van der Waals surface area (Å²) in [7, 11) is 1.68. The lowest BCUT2D eigenvalue weighted by Gasteiger charge is -2.12. The van der Waals surface area contributed by atoms with E-state index in [2.05, 4.69) is 0 Å². The minimum atomic E-state index is 0.635. The molecule has 0 atom stereocenters. The molecule has 88 valence electrons. The molecule has 0 spiro atoms. The summed E-state index contributed by atoms with van der Waals surface area (Å²) >= 11 is 0. The molecule has 0 bridgehead atoms. The molecule has 1 rings (SSSR count). The van der Waals surface area contributed by atoms with E-state index in [0.717, 1.165) is 29.6 Å². The highest BCUT2D eigenvalue weighted by atomic mass is 16.5. The maximum atomic E-state index is 10.7. The second-order valence-corrected chi connectivity index (χ2v) is 3.80. The van der Waals surface area contributed by atoms with Crippen molar-refractivity contribution in [1.82, 2.24) is 0 Å². The zero-order chi connectivity index (χ0) is 12.0. The molecule has 16 heavy (non-hydrogen) atoms. The standard InChI is InChI=1S/C13H18O3/c1-10-7-12(9-14)8-11(2)13(10)16-6-4-5-15-3/h7-9H,4-6H2,1-3H3. The van der Waals surface area contributed by atoms with Gasteiger partial charge in [-0.15, -0.1) is 0 Å². The number of carbonyl (C=O) groups excluding carboxylic acids is 1. The number of rotatable bonds is 6. The Hall–Kier alpha value is -1.35. The van der Waals surface area contributed by atoms with Crippen LogP contribution in [0.25, 0.3) is 0 Å². The molecule has 0 saturated carbocycles. The van der Waals surface area contributed by atoms with Gasteiger partial charge in [0.2, 0.25) is 0 Å². The normalized spacial score (nSPS) is 10.2. The lowest BCUT2D eigenvalue weighted by Crippen LogP contribution is -2.04. The number of hydrogen-bond donors (Lipinski definition) is 0. The van der Waals surface area contributed by atoms with Gasteiger partial charge in [0.05, 0.1) is 6.61 Å². The second-order valence-electron chi connectivity index (χ2n) is 3.80. The highest BCUT2D eigenvalue weighted by molar-refractivity contribution is 5.76. The Labute approximate surface area is 96.4 Å². The fraction of sp³-hybridized carbons (Fsp3) is 0.462. The van der Waals surface area contributed by atoms with E-state index in [9.17, 15) is 4.79 Å². The first-order valence-corrected chi connectivity index (χ1v) is 5.37. The number of carbonyl (C=O) groups is 1. The van der Waals surface area contributed by atoms with Gasteiger partial charge in [-0.25, -0.2) is 0 Å². The van der Waals surface area contributed by atoms with Crippen molar-refractivity contribution in [2.24, 2.45) is 0 Å². The maximum Gasteiger partial charge on any atom is 0.150 e. The second kappa shape index (κ2) is 6.28. The van der Waals surface area contributed by atoms with Crippen molar-refractivity contribution in [3.05, 3.63) is 28.8 Å². The lowest BCUT2D eigenvalue weighted by molar-refractivity contribution is 0.112. The molecule has 0 amide bonds. The van der Waals surface area contributed by atoms with E-state index in [1.165, 1.54) is 0 Å². The van der Waals surface area contributed by atoms with Crippen LogP contribution in [-0.2, 0) is 4.74 Å². The number of methoxy groups -OCH3 is 1. The number of aldehydes is 1. The smallest absolute Gasteiger partial charge is 0.150 e. The Morgan fingerprint density at radius 1 is 1.19 bits per heavy atom. The first kappa shape index (κ1) is 12.7. The molecule has 0 radical (unpaired) electrons. The monoisotopic (exact) mass is 222 g/mol. The maximum absolute atomic E-state index is 10.7. The van der Waals surface area contributed by atoms with Crippen molar-refractivity contribution in [2.45, 2.75) is 20.3 Å². The van der Waals surface area contributed by atoms with Crippen molar-refractivity contribution in [3.8, 4) is 5.75 Å². The Morgan fingerprint density at radius 3 is 2.31 bits per heavy atom. The van der Waals surface area contributed by atoms with Crippen LogP contribution in [0.15, 0.2) is 12.1 Å². The molecule has 0 unspecified atom stereocenters. The topological polar surface area (TPSA) is 35.5 Å². The highest BCUT2D eigenvalue weighted by Gasteiger charge is 2.05. The third kappa shape index (κ3) is 3.35. The fourth-order valence-corrected chi connectivity index (χ4v) is 1.66. The molecule has 0 fully saturated rings. The van der Waals surface area contributed by atoms with Crippen molar-refractivity contribution < 1.29 is 14.3 Å². The predicted octanol–water partition coefficient (Wildman–Crippen LogP) is 2.53. The molecule has 1 aromatic carbocycles. The summed E-state index contributed by atoms with van der Waals surface area (Å²) in [5, 5.41) is 0. The molecule has 0 aliphatic carbocycles. The summed E-state index contributed by atoms with van der Waals surface area (Å²) in [6.07, 6.45) is 1.72. The Bertz CT molecular complexity index is 335. The molecule has 0 aliphatic rings. The average molecular weight is 222 g/mol. The number of benzene rings is 1. The van der Waals surface area contributed by atoms with E-state index >= 15 is 0 Å². The van der Waals surface area contributed by atoms with Crippen molar-refractivity contribution in [2.75, 3.05) is 20.3 Å². The van der Waals surface area contributed by atoms with E-state index in [1.54, 1.807) is 7.11 Å². The Morgan fingerprint density at radius 2 is 1.81 bits per heavy atom. The van der Waals surface area contributed by atoms with Gasteiger partial charge in [0, 0.05) is 25.7 Å². The molecule has 3 heteroatoms. The molecule has 0 aliphatic heterocycles. The van der Waals surface area contributed by atoms with Crippen molar-refractivity contribution in [1.29, 1.82) is 0 Å². The summed E-state index contributed by atoms with van der Waals surface area (Å²) in [4.78, 5) is 10.7. The molecular weight excluding hydrogens is 204 g/mol. The van der Waals surface area contributed by atoms with E-state index in [4.69, 9.17) is 9.47 Å². The number of hydrogen-bond acceptors (Lipinski definition) is 3. The number of ether oxygens (including phenoxy) is 2. The minimum absolute atomic E-state index is 0.635. The minimum Gasteiger partial charge on any atom is -0.493 e. The molecule has 3 nitrogen and oxygen atoms in total. The van der Waals surface area contributed by atoms with Crippen LogP contribution in [0.2, 0.25) is 0 Å². The summed E-state index contributed by atoms with van der Waals surface area (Å²) in [5.41, 5.74) is 2.69. The first-order chi connectivity index (χ1) is 7.69. The summed E-state index contributed by atoms with van der Waals surface area (Å²) in [6, 6.07) is 3.68. The Kier molecular flexibility index (Phi) is 4.99. The molecule has 0 aromatic heterocycles. The highest BCUT2D eigenvalue weighted by Crippen LogP contribution is 2.24. The van der Waals surface area contributed by atoms with Crippen LogP contribution in [0, 0.1) is 13.8 Å². The molecule has 0 N–H and O–H groups in total. The van der Waals surface area contributed by atoms with Gasteiger partial charge in [-0.1, -0.05) is 0 Å². The average Bonchev–Trinajstić information content (AvgIpc) is 2.26. The SMILES string of the molecule is COCCCOc1c(C)cc(C=O)cc1C. The number of aryl methyl sites for hydroxylation is 2. The van der Waals surface area contributed by atoms with Crippen LogP contribution in [0.3, 0.4) is 0 Å². The van der Waals surface area contributed by atoms with Gasteiger partial charge < -0.3 is 9.47 Å². The quantitative estimate of drug-likeness (QED) is 0.548. The van der Waals surface area contributed by atoms with Gasteiger partial charge in [0.15, 0.2) is 0 Å². The van der Waals surface area contributed by atoms with E-state index < -0.39 is 0 Å². The van der Waals surface area contributed by atoms with E-state index in [-0.39, 0.29) is 0 Å². The van der Waals surface area contributed by atoms with Crippen LogP contribution in [0.1, 0.15) is 27.9 Å². The van der Waals surface area contributed by atoms with E-state index in [1.807, 2.05) is 26.0 Å². The molecular formula is C13H18O3. The summed E-state index contributed by atoms with van der Waals surface area (Å²) in [6.45, 7) is 5.23. The third-order valence-electron chi connectivity index (χ3n) is 2.36. The van der Waals surface area contributed by atoms with Crippen molar-refractivity contribution in [3.63, 3.8) is 0 Å². The van der Waals surface area contributed by atoms with Gasteiger partial charge in [0.25, 0.3) is 0 Å². The molecule has 1 aromatic rings. The van der Waals surface area contributed by atoms with Gasteiger partial charge in [-0.3, -0.25) is 4.79 Å². The third-order valence-corrected chi connectivity index (χ3v) is 2.36. The van der Waals surface area contributed by atoms with Crippen LogP contribution in [-0.4, -0.2) is 26.6 Å². The Balaban J connectivity index is 2.69. The van der Waals surface area contributed by atoms with E-state index in [0.29, 0.717) is 18.8 Å². The van der Waals surface area contributed by atoms with Crippen LogP contribution < -0.4 is 4.74 Å². The summed E-state index contributed by atoms with van der Waals surface area (Å²) < 4.78 is 10.6. The fourth-order valence-electron chi connectivity index (χ4n) is 1.66. The van der Waals surface area contributed by atoms with Crippen LogP contribution >= 0.6 is 0 Å². The predicted molar refractivity (Wildman–Crippen MR) is 63.3 cm³/mol. The van der Waals surface area contributed by atoms with Gasteiger partial charge in [-0.05, 0) is 37.1 Å². The largest absolute Gasteiger partial charge is 0.493 e. The summed E-state index contributed by atoms with van der Waals surface area (Å²) in [5.74, 6) is 0.877. The molecule has 0 heterocycles. The molecule has 0 saturated heterocycles. The lowest BCUT2D eigenvalue weighted by atomic mass is 10.1. The van der Waals surface area contributed by atoms with Gasteiger partial charge in [0.1, 0.15) is 12.0 Å². The van der Waals surface area contributed by atoms with Crippen LogP contribution in [0.4, 0.5) is 0 Å². The zero-order valence-electron chi connectivity index (χ0n) is 10.1. The zero-order valence-corrected chi connectivity index (χ0v) is 10.1.